The number of hydrogen-bond donors (Lipinski definition) is 2. The Bertz CT molecular complexity index is 167. The van der Waals surface area contributed by atoms with Gasteiger partial charge in [0.05, 0.1) is 12.1 Å². The third kappa shape index (κ3) is 10.9. The van der Waals surface area contributed by atoms with Gasteiger partial charge in [0.25, 0.3) is 0 Å². The predicted molar refractivity (Wildman–Crippen MR) is 55.4 cm³/mol. The average molecular weight is 194 g/mol. The highest BCUT2D eigenvalue weighted by Crippen LogP contribution is 1.83. The first-order chi connectivity index (χ1) is 6.91. The molecule has 0 aromatic carbocycles. The van der Waals surface area contributed by atoms with Crippen molar-refractivity contribution in [2.45, 2.75) is 25.7 Å². The van der Waals surface area contributed by atoms with Crippen LogP contribution in [-0.2, 0) is 0 Å². The van der Waals surface area contributed by atoms with Gasteiger partial charge in [-0.1, -0.05) is 0 Å². The summed E-state index contributed by atoms with van der Waals surface area (Å²) in [5.41, 5.74) is 0. The first kappa shape index (κ1) is 12.9. The summed E-state index contributed by atoms with van der Waals surface area (Å²) in [5, 5.41) is 23.0. The molecule has 0 aliphatic carbocycles. The van der Waals surface area contributed by atoms with Gasteiger partial charge in [-0.25, -0.2) is 0 Å². The van der Waals surface area contributed by atoms with Gasteiger partial charge in [0, 0.05) is 25.9 Å². The van der Waals surface area contributed by atoms with Gasteiger partial charge in [-0.05, 0) is 25.9 Å². The van der Waals surface area contributed by atoms with Gasteiger partial charge in [-0.2, -0.15) is 10.5 Å². The lowest BCUT2D eigenvalue weighted by Gasteiger charge is -2.04. The van der Waals surface area contributed by atoms with E-state index in [0.29, 0.717) is 12.8 Å². The van der Waals surface area contributed by atoms with E-state index in [2.05, 4.69) is 22.8 Å². The molecule has 0 saturated carbocycles. The Morgan fingerprint density at radius 2 is 1.14 bits per heavy atom. The van der Waals surface area contributed by atoms with Gasteiger partial charge in [0.1, 0.15) is 0 Å². The number of unbranched alkanes of at least 4 members (excludes halogenated alkanes) is 2. The van der Waals surface area contributed by atoms with Crippen molar-refractivity contribution in [3.05, 3.63) is 0 Å². The fourth-order valence-electron chi connectivity index (χ4n) is 1.01. The maximum Gasteiger partial charge on any atom is 0.0622 e. The molecular weight excluding hydrogens is 176 g/mol. The molecule has 2 N–H and O–H groups in total. The van der Waals surface area contributed by atoms with Crippen molar-refractivity contribution in [2.24, 2.45) is 0 Å². The molecule has 4 heteroatoms. The lowest BCUT2D eigenvalue weighted by Crippen LogP contribution is -2.28. The zero-order valence-corrected chi connectivity index (χ0v) is 8.55. The Hall–Kier alpha value is -1.10. The van der Waals surface area contributed by atoms with E-state index in [-0.39, 0.29) is 0 Å². The van der Waals surface area contributed by atoms with Crippen molar-refractivity contribution in [1.29, 1.82) is 10.5 Å². The lowest BCUT2D eigenvalue weighted by molar-refractivity contribution is 0.591. The van der Waals surface area contributed by atoms with E-state index < -0.39 is 0 Å². The second-order valence-corrected chi connectivity index (χ2v) is 3.02. The molecule has 0 aromatic rings. The normalized spacial score (nSPS) is 9.29. The molecule has 0 amide bonds. The van der Waals surface area contributed by atoms with Gasteiger partial charge < -0.3 is 10.6 Å². The molecule has 78 valence electrons. The largest absolute Gasteiger partial charge is 0.315 e. The van der Waals surface area contributed by atoms with Crippen LogP contribution in [0.3, 0.4) is 0 Å². The van der Waals surface area contributed by atoms with Crippen LogP contribution in [0.15, 0.2) is 0 Å². The first-order valence-electron chi connectivity index (χ1n) is 5.07. The van der Waals surface area contributed by atoms with E-state index in [9.17, 15) is 0 Å². The van der Waals surface area contributed by atoms with Gasteiger partial charge >= 0.3 is 0 Å². The fraction of sp³-hybridized carbons (Fsp3) is 0.800. The van der Waals surface area contributed by atoms with Crippen molar-refractivity contribution in [2.75, 3.05) is 26.2 Å². The summed E-state index contributed by atoms with van der Waals surface area (Å²) in [6.45, 7) is 3.68. The summed E-state index contributed by atoms with van der Waals surface area (Å²) in [6.07, 6.45) is 3.10. The standard InChI is InChI=1S/C10H18N4/c11-5-1-3-7-13-9-10-14-8-4-2-6-12/h13-14H,1-4,7-10H2. The van der Waals surface area contributed by atoms with E-state index in [1.54, 1.807) is 0 Å². The summed E-state index contributed by atoms with van der Waals surface area (Å²) in [5.74, 6) is 0. The lowest BCUT2D eigenvalue weighted by atomic mass is 10.3. The highest BCUT2D eigenvalue weighted by atomic mass is 14.9. The smallest absolute Gasteiger partial charge is 0.0622 e. The second kappa shape index (κ2) is 11.9. The highest BCUT2D eigenvalue weighted by molar-refractivity contribution is 4.69. The molecule has 14 heavy (non-hydrogen) atoms. The van der Waals surface area contributed by atoms with Crippen LogP contribution >= 0.6 is 0 Å². The quantitative estimate of drug-likeness (QED) is 0.532. The Balaban J connectivity index is 2.86. The third-order valence-corrected chi connectivity index (χ3v) is 1.76. The Morgan fingerprint density at radius 1 is 0.714 bits per heavy atom. The van der Waals surface area contributed by atoms with Crippen LogP contribution in [0.4, 0.5) is 0 Å². The van der Waals surface area contributed by atoms with Crippen molar-refractivity contribution in [1.82, 2.24) is 10.6 Å². The van der Waals surface area contributed by atoms with E-state index in [1.165, 1.54) is 0 Å². The molecule has 0 fully saturated rings. The predicted octanol–water partition coefficient (Wildman–Crippen LogP) is 0.773. The van der Waals surface area contributed by atoms with Gasteiger partial charge in [0.2, 0.25) is 0 Å². The molecule has 0 aromatic heterocycles. The minimum absolute atomic E-state index is 0.628. The molecule has 0 radical (unpaired) electrons. The van der Waals surface area contributed by atoms with Crippen LogP contribution in [0.2, 0.25) is 0 Å². The van der Waals surface area contributed by atoms with Crippen molar-refractivity contribution >= 4 is 0 Å². The number of nitrogens with one attached hydrogen (secondary N) is 2. The molecule has 0 saturated heterocycles. The molecule has 0 unspecified atom stereocenters. The van der Waals surface area contributed by atoms with Gasteiger partial charge in [0.15, 0.2) is 0 Å². The van der Waals surface area contributed by atoms with Crippen LogP contribution in [0.5, 0.6) is 0 Å². The monoisotopic (exact) mass is 194 g/mol. The van der Waals surface area contributed by atoms with Crippen molar-refractivity contribution in [3.63, 3.8) is 0 Å². The molecular formula is C10H18N4. The molecule has 0 rings (SSSR count). The van der Waals surface area contributed by atoms with E-state index >= 15 is 0 Å². The minimum Gasteiger partial charge on any atom is -0.315 e. The van der Waals surface area contributed by atoms with Crippen LogP contribution in [0, 0.1) is 22.7 Å². The number of nitrogens with zero attached hydrogens (tertiary/aromatic N) is 2. The average Bonchev–Trinajstić information content (AvgIpc) is 2.21. The van der Waals surface area contributed by atoms with Crippen molar-refractivity contribution < 1.29 is 0 Å². The van der Waals surface area contributed by atoms with E-state index in [4.69, 9.17) is 10.5 Å². The fourth-order valence-corrected chi connectivity index (χ4v) is 1.01. The van der Waals surface area contributed by atoms with Crippen molar-refractivity contribution in [3.8, 4) is 12.1 Å². The summed E-state index contributed by atoms with van der Waals surface area (Å²) in [7, 11) is 0. The molecule has 0 spiro atoms. The van der Waals surface area contributed by atoms with Crippen LogP contribution in [0.1, 0.15) is 25.7 Å². The zero-order valence-electron chi connectivity index (χ0n) is 8.55. The molecule has 0 atom stereocenters. The molecule has 0 aliphatic heterocycles. The summed E-state index contributed by atoms with van der Waals surface area (Å²) in [4.78, 5) is 0. The summed E-state index contributed by atoms with van der Waals surface area (Å²) < 4.78 is 0. The first-order valence-corrected chi connectivity index (χ1v) is 5.07. The zero-order chi connectivity index (χ0) is 10.5. The number of rotatable bonds is 9. The van der Waals surface area contributed by atoms with Crippen LogP contribution in [-0.4, -0.2) is 26.2 Å². The Morgan fingerprint density at radius 3 is 1.50 bits per heavy atom. The molecule has 0 heterocycles. The minimum atomic E-state index is 0.628. The number of hydrogen-bond acceptors (Lipinski definition) is 4. The number of nitriles is 2. The molecule has 0 aliphatic rings. The molecule has 0 bridgehead atoms. The Kier molecular flexibility index (Phi) is 11.0. The highest BCUT2D eigenvalue weighted by Gasteiger charge is 1.88. The van der Waals surface area contributed by atoms with Crippen LogP contribution in [0.25, 0.3) is 0 Å². The maximum atomic E-state index is 8.27. The topological polar surface area (TPSA) is 71.6 Å². The molecule has 4 nitrogen and oxygen atoms in total. The third-order valence-electron chi connectivity index (χ3n) is 1.76. The SMILES string of the molecule is N#CCCCNCCNCCCC#N. The van der Waals surface area contributed by atoms with Gasteiger partial charge in [-0.3, -0.25) is 0 Å². The van der Waals surface area contributed by atoms with Gasteiger partial charge in [-0.15, -0.1) is 0 Å². The Labute approximate surface area is 85.9 Å². The summed E-state index contributed by atoms with van der Waals surface area (Å²) in [6, 6.07) is 4.21. The van der Waals surface area contributed by atoms with E-state index in [0.717, 1.165) is 39.0 Å². The van der Waals surface area contributed by atoms with Crippen LogP contribution < -0.4 is 10.6 Å². The maximum absolute atomic E-state index is 8.27. The second-order valence-electron chi connectivity index (χ2n) is 3.02. The van der Waals surface area contributed by atoms with E-state index in [1.807, 2.05) is 0 Å². The summed E-state index contributed by atoms with van der Waals surface area (Å²) >= 11 is 0.